The molecule has 0 saturated heterocycles. The molecule has 0 unspecified atom stereocenters. The van der Waals surface area contributed by atoms with Gasteiger partial charge in [-0.1, -0.05) is 15.9 Å². The van der Waals surface area contributed by atoms with E-state index in [-0.39, 0.29) is 17.2 Å². The van der Waals surface area contributed by atoms with Crippen LogP contribution in [0.4, 0.5) is 11.4 Å². The van der Waals surface area contributed by atoms with E-state index in [0.717, 1.165) is 9.37 Å². The molecule has 0 spiro atoms. The highest BCUT2D eigenvalue weighted by Gasteiger charge is 2.37. The Morgan fingerprint density at radius 2 is 1.63 bits per heavy atom. The van der Waals surface area contributed by atoms with Gasteiger partial charge < -0.3 is 5.32 Å². The number of hydrogen-bond donors (Lipinski definition) is 1. The molecule has 3 aromatic rings. The van der Waals surface area contributed by atoms with Gasteiger partial charge in [-0.25, -0.2) is 4.90 Å². The van der Waals surface area contributed by atoms with Crippen molar-refractivity contribution in [3.8, 4) is 0 Å². The lowest BCUT2D eigenvalue weighted by atomic mass is 10.1. The lowest BCUT2D eigenvalue weighted by molar-refractivity contribution is 0.0924. The zero-order valence-electron chi connectivity index (χ0n) is 13.8. The maximum Gasteiger partial charge on any atom is 0.284 e. The van der Waals surface area contributed by atoms with Crippen LogP contribution >= 0.6 is 15.9 Å². The lowest BCUT2D eigenvalue weighted by Gasteiger charge is -2.14. The van der Waals surface area contributed by atoms with Gasteiger partial charge in [-0.15, -0.1) is 0 Å². The standard InChI is InChI=1S/C20H12BrN3O3/c21-13-5-7-14(8-6-13)23-18(25)12-3-9-15(10-4-12)24-19(26)16-2-1-11-22-17(16)20(24)27/h1-11H,(H,23,25). The van der Waals surface area contributed by atoms with Crippen molar-refractivity contribution >= 4 is 45.0 Å². The van der Waals surface area contributed by atoms with E-state index in [4.69, 9.17) is 0 Å². The second-order valence-corrected chi connectivity index (χ2v) is 6.77. The van der Waals surface area contributed by atoms with Crippen LogP contribution < -0.4 is 10.2 Å². The van der Waals surface area contributed by atoms with Crippen molar-refractivity contribution in [2.45, 2.75) is 0 Å². The zero-order valence-corrected chi connectivity index (χ0v) is 15.4. The average molecular weight is 422 g/mol. The van der Waals surface area contributed by atoms with Crippen LogP contribution in [-0.2, 0) is 0 Å². The highest BCUT2D eigenvalue weighted by molar-refractivity contribution is 9.10. The van der Waals surface area contributed by atoms with Crippen molar-refractivity contribution in [3.05, 3.63) is 88.2 Å². The quantitative estimate of drug-likeness (QED) is 0.650. The Hall–Kier alpha value is -3.32. The minimum absolute atomic E-state index is 0.138. The molecular weight excluding hydrogens is 410 g/mol. The Morgan fingerprint density at radius 1 is 0.926 bits per heavy atom. The molecule has 0 radical (unpaired) electrons. The molecule has 1 aliphatic rings. The number of pyridine rings is 1. The minimum Gasteiger partial charge on any atom is -0.322 e. The Kier molecular flexibility index (Phi) is 4.29. The van der Waals surface area contributed by atoms with E-state index in [1.54, 1.807) is 48.5 Å². The molecule has 0 aliphatic carbocycles. The fraction of sp³-hybridized carbons (Fsp3) is 0. The van der Waals surface area contributed by atoms with Crippen molar-refractivity contribution in [2.75, 3.05) is 10.2 Å². The van der Waals surface area contributed by atoms with Crippen LogP contribution in [0.25, 0.3) is 0 Å². The van der Waals surface area contributed by atoms with E-state index in [0.29, 0.717) is 16.9 Å². The molecule has 6 nitrogen and oxygen atoms in total. The first-order valence-corrected chi connectivity index (χ1v) is 8.85. The van der Waals surface area contributed by atoms with Gasteiger partial charge in [-0.05, 0) is 60.7 Å². The zero-order chi connectivity index (χ0) is 19.0. The number of carbonyl (C=O) groups excluding carboxylic acids is 3. The largest absolute Gasteiger partial charge is 0.322 e. The van der Waals surface area contributed by atoms with Gasteiger partial charge in [0.25, 0.3) is 17.7 Å². The molecule has 2 aromatic carbocycles. The molecule has 132 valence electrons. The Balaban J connectivity index is 1.54. The number of nitrogens with zero attached hydrogens (tertiary/aromatic N) is 2. The molecule has 27 heavy (non-hydrogen) atoms. The van der Waals surface area contributed by atoms with Gasteiger partial charge in [0.05, 0.1) is 11.3 Å². The molecule has 1 aromatic heterocycles. The number of nitrogens with one attached hydrogen (secondary N) is 1. The third kappa shape index (κ3) is 3.13. The molecule has 3 amide bonds. The number of benzene rings is 2. The first-order chi connectivity index (χ1) is 13.0. The van der Waals surface area contributed by atoms with Gasteiger partial charge in [0.15, 0.2) is 0 Å². The molecule has 4 rings (SSSR count). The first kappa shape index (κ1) is 17.1. The number of fused-ring (bicyclic) bond motifs is 1. The second-order valence-electron chi connectivity index (χ2n) is 5.85. The molecule has 2 heterocycles. The SMILES string of the molecule is O=C(Nc1ccc(Br)cc1)c1ccc(N2C(=O)c3cccnc3C2=O)cc1. The summed E-state index contributed by atoms with van der Waals surface area (Å²) in [5, 5.41) is 2.79. The summed E-state index contributed by atoms with van der Waals surface area (Å²) >= 11 is 3.34. The summed E-state index contributed by atoms with van der Waals surface area (Å²) in [6.45, 7) is 0. The summed E-state index contributed by atoms with van der Waals surface area (Å²) in [5.74, 6) is -1.18. The molecule has 0 bridgehead atoms. The van der Waals surface area contributed by atoms with Crippen LogP contribution in [0.3, 0.4) is 0 Å². The summed E-state index contributed by atoms with van der Waals surface area (Å²) < 4.78 is 0.917. The van der Waals surface area contributed by atoms with Crippen molar-refractivity contribution in [1.29, 1.82) is 0 Å². The smallest absolute Gasteiger partial charge is 0.284 e. The van der Waals surface area contributed by atoms with Crippen molar-refractivity contribution < 1.29 is 14.4 Å². The van der Waals surface area contributed by atoms with Crippen LogP contribution in [0, 0.1) is 0 Å². The van der Waals surface area contributed by atoms with Crippen LogP contribution in [-0.4, -0.2) is 22.7 Å². The average Bonchev–Trinajstić information content (AvgIpc) is 2.95. The van der Waals surface area contributed by atoms with Gasteiger partial charge >= 0.3 is 0 Å². The molecule has 0 saturated carbocycles. The monoisotopic (exact) mass is 421 g/mol. The van der Waals surface area contributed by atoms with Crippen molar-refractivity contribution in [2.24, 2.45) is 0 Å². The van der Waals surface area contributed by atoms with Gasteiger partial charge in [0, 0.05) is 21.9 Å². The van der Waals surface area contributed by atoms with Gasteiger partial charge in [-0.2, -0.15) is 0 Å². The van der Waals surface area contributed by atoms with Crippen LogP contribution in [0.15, 0.2) is 71.3 Å². The molecular formula is C20H12BrN3O3. The summed E-state index contributed by atoms with van der Waals surface area (Å²) in [7, 11) is 0. The van der Waals surface area contributed by atoms with Gasteiger partial charge in [-0.3, -0.25) is 19.4 Å². The maximum atomic E-state index is 12.5. The highest BCUT2D eigenvalue weighted by atomic mass is 79.9. The fourth-order valence-corrected chi connectivity index (χ4v) is 3.06. The number of amides is 3. The Morgan fingerprint density at radius 3 is 2.30 bits per heavy atom. The number of carbonyl (C=O) groups is 3. The highest BCUT2D eigenvalue weighted by Crippen LogP contribution is 2.27. The predicted molar refractivity (Wildman–Crippen MR) is 104 cm³/mol. The van der Waals surface area contributed by atoms with E-state index in [1.165, 1.54) is 6.20 Å². The topological polar surface area (TPSA) is 79.4 Å². The van der Waals surface area contributed by atoms with Gasteiger partial charge in [0.2, 0.25) is 0 Å². The van der Waals surface area contributed by atoms with Crippen LogP contribution in [0.1, 0.15) is 31.2 Å². The van der Waals surface area contributed by atoms with E-state index in [9.17, 15) is 14.4 Å². The fourth-order valence-electron chi connectivity index (χ4n) is 2.80. The summed E-state index contributed by atoms with van der Waals surface area (Å²) in [6, 6.07) is 16.7. The first-order valence-electron chi connectivity index (χ1n) is 8.05. The van der Waals surface area contributed by atoms with Gasteiger partial charge in [0.1, 0.15) is 5.69 Å². The molecule has 0 fully saturated rings. The van der Waals surface area contributed by atoms with Crippen molar-refractivity contribution in [3.63, 3.8) is 0 Å². The molecule has 1 N–H and O–H groups in total. The van der Waals surface area contributed by atoms with E-state index in [1.807, 2.05) is 12.1 Å². The Labute approximate surface area is 163 Å². The number of imide groups is 1. The summed E-state index contributed by atoms with van der Waals surface area (Å²) in [4.78, 5) is 42.3. The molecule has 1 aliphatic heterocycles. The molecule has 0 atom stereocenters. The number of halogens is 1. The third-order valence-corrected chi connectivity index (χ3v) is 4.67. The van der Waals surface area contributed by atoms with Crippen LogP contribution in [0.2, 0.25) is 0 Å². The summed E-state index contributed by atoms with van der Waals surface area (Å²) in [6.07, 6.45) is 1.48. The second kappa shape index (κ2) is 6.77. The van der Waals surface area contributed by atoms with E-state index in [2.05, 4.69) is 26.2 Å². The lowest BCUT2D eigenvalue weighted by Crippen LogP contribution is -2.29. The number of aromatic nitrogens is 1. The van der Waals surface area contributed by atoms with Crippen LogP contribution in [0.5, 0.6) is 0 Å². The normalized spacial score (nSPS) is 12.9. The van der Waals surface area contributed by atoms with Crippen molar-refractivity contribution in [1.82, 2.24) is 4.98 Å². The Bertz CT molecular complexity index is 1030. The minimum atomic E-state index is -0.470. The predicted octanol–water partition coefficient (Wildman–Crippen LogP) is 3.90. The number of hydrogen-bond acceptors (Lipinski definition) is 4. The molecule has 7 heteroatoms. The summed E-state index contributed by atoms with van der Waals surface area (Å²) in [5.41, 5.74) is 1.89. The maximum absolute atomic E-state index is 12.5. The number of rotatable bonds is 3. The van der Waals surface area contributed by atoms with E-state index < -0.39 is 11.8 Å². The number of anilines is 2. The van der Waals surface area contributed by atoms with E-state index >= 15 is 0 Å². The third-order valence-electron chi connectivity index (χ3n) is 4.14.